The summed E-state index contributed by atoms with van der Waals surface area (Å²) in [5, 5.41) is 6.70. The lowest BCUT2D eigenvalue weighted by Gasteiger charge is -2.11. The van der Waals surface area contributed by atoms with Crippen LogP contribution in [-0.2, 0) is 6.42 Å². The summed E-state index contributed by atoms with van der Waals surface area (Å²) >= 11 is 5.87. The van der Waals surface area contributed by atoms with Crippen molar-refractivity contribution >= 4 is 29.0 Å². The van der Waals surface area contributed by atoms with Gasteiger partial charge in [-0.2, -0.15) is 0 Å². The molecule has 0 saturated heterocycles. The number of anilines is 2. The summed E-state index contributed by atoms with van der Waals surface area (Å²) in [5.74, 6) is 0.971. The molecule has 0 spiro atoms. The molecule has 1 heterocycles. The number of ether oxygens (including phenoxy) is 1. The summed E-state index contributed by atoms with van der Waals surface area (Å²) in [6.45, 7) is 2.50. The van der Waals surface area contributed by atoms with Crippen LogP contribution in [0, 0.1) is 6.92 Å². The van der Waals surface area contributed by atoms with Gasteiger partial charge in [0.15, 0.2) is 0 Å². The molecule has 0 bridgehead atoms. The van der Waals surface area contributed by atoms with Crippen LogP contribution in [-0.4, -0.2) is 29.5 Å². The van der Waals surface area contributed by atoms with E-state index in [2.05, 4.69) is 20.6 Å². The fourth-order valence-corrected chi connectivity index (χ4v) is 2.76. The molecule has 3 aromatic rings. The Balaban J connectivity index is 1.57. The Morgan fingerprint density at radius 3 is 2.57 bits per heavy atom. The van der Waals surface area contributed by atoms with Gasteiger partial charge in [0.1, 0.15) is 17.3 Å². The van der Waals surface area contributed by atoms with Gasteiger partial charge in [0.25, 0.3) is 5.91 Å². The molecule has 2 N–H and O–H groups in total. The van der Waals surface area contributed by atoms with Crippen LogP contribution >= 0.6 is 11.6 Å². The molecular weight excluding hydrogens is 376 g/mol. The molecule has 0 fully saturated rings. The first kappa shape index (κ1) is 19.6. The van der Waals surface area contributed by atoms with E-state index in [1.165, 1.54) is 12.4 Å². The van der Waals surface area contributed by atoms with Crippen LogP contribution in [0.25, 0.3) is 0 Å². The van der Waals surface area contributed by atoms with E-state index in [1.807, 2.05) is 49.4 Å². The van der Waals surface area contributed by atoms with E-state index >= 15 is 0 Å². The van der Waals surface area contributed by atoms with Crippen molar-refractivity contribution < 1.29 is 9.53 Å². The Bertz CT molecular complexity index is 944. The third kappa shape index (κ3) is 5.20. The summed E-state index contributed by atoms with van der Waals surface area (Å²) in [5.41, 5.74) is 3.24. The number of carbonyl (C=O) groups excluding carboxylic acids is 1. The van der Waals surface area contributed by atoms with Crippen molar-refractivity contribution in [3.8, 4) is 5.75 Å². The number of methoxy groups -OCH3 is 1. The number of rotatable bonds is 7. The molecular formula is C21H21ClN4O2. The molecule has 0 aliphatic heterocycles. The van der Waals surface area contributed by atoms with Crippen molar-refractivity contribution in [2.24, 2.45) is 0 Å². The number of aromatic nitrogens is 2. The largest absolute Gasteiger partial charge is 0.495 e. The fraction of sp³-hybridized carbons (Fsp3) is 0.190. The quantitative estimate of drug-likeness (QED) is 0.627. The van der Waals surface area contributed by atoms with E-state index in [1.54, 1.807) is 7.11 Å². The van der Waals surface area contributed by atoms with Gasteiger partial charge in [0, 0.05) is 11.6 Å². The van der Waals surface area contributed by atoms with Gasteiger partial charge in [0.2, 0.25) is 0 Å². The lowest BCUT2D eigenvalue weighted by molar-refractivity contribution is 0.0949. The number of hydrogen-bond donors (Lipinski definition) is 2. The second-order valence-corrected chi connectivity index (χ2v) is 6.68. The highest BCUT2D eigenvalue weighted by molar-refractivity contribution is 6.30. The zero-order valence-corrected chi connectivity index (χ0v) is 16.5. The Morgan fingerprint density at radius 2 is 1.89 bits per heavy atom. The van der Waals surface area contributed by atoms with E-state index in [9.17, 15) is 4.79 Å². The Morgan fingerprint density at radius 1 is 1.11 bits per heavy atom. The highest BCUT2D eigenvalue weighted by Crippen LogP contribution is 2.27. The van der Waals surface area contributed by atoms with Crippen LogP contribution < -0.4 is 15.4 Å². The predicted octanol–water partition coefficient (Wildman–Crippen LogP) is 4.16. The van der Waals surface area contributed by atoms with Gasteiger partial charge < -0.3 is 15.4 Å². The molecule has 0 unspecified atom stereocenters. The lowest BCUT2D eigenvalue weighted by atomic mass is 10.1. The minimum atomic E-state index is -0.263. The second-order valence-electron chi connectivity index (χ2n) is 6.25. The zero-order valence-electron chi connectivity index (χ0n) is 15.7. The normalized spacial score (nSPS) is 10.4. The van der Waals surface area contributed by atoms with Crippen LogP contribution in [0.15, 0.2) is 54.9 Å². The molecule has 1 amide bonds. The van der Waals surface area contributed by atoms with Crippen LogP contribution in [0.5, 0.6) is 5.75 Å². The molecule has 0 atom stereocenters. The van der Waals surface area contributed by atoms with Crippen molar-refractivity contribution in [1.29, 1.82) is 0 Å². The molecule has 3 rings (SSSR count). The van der Waals surface area contributed by atoms with E-state index < -0.39 is 0 Å². The molecule has 0 aliphatic carbocycles. The molecule has 0 radical (unpaired) electrons. The number of hydrogen-bond acceptors (Lipinski definition) is 5. The molecule has 0 aliphatic rings. The summed E-state index contributed by atoms with van der Waals surface area (Å²) < 4.78 is 5.34. The van der Waals surface area contributed by atoms with Crippen molar-refractivity contribution in [1.82, 2.24) is 15.3 Å². The molecule has 144 valence electrons. The van der Waals surface area contributed by atoms with Crippen LogP contribution in [0.1, 0.15) is 21.6 Å². The van der Waals surface area contributed by atoms with E-state index in [0.29, 0.717) is 29.6 Å². The smallest absolute Gasteiger partial charge is 0.271 e. The number of nitrogens with one attached hydrogen (secondary N) is 2. The number of benzene rings is 2. The minimum absolute atomic E-state index is 0.262. The fourth-order valence-electron chi connectivity index (χ4n) is 2.63. The Labute approximate surface area is 168 Å². The summed E-state index contributed by atoms with van der Waals surface area (Å²) in [6.07, 6.45) is 3.68. The van der Waals surface area contributed by atoms with Gasteiger partial charge in [0.05, 0.1) is 25.2 Å². The predicted molar refractivity (Wildman–Crippen MR) is 111 cm³/mol. The van der Waals surface area contributed by atoms with Gasteiger partial charge >= 0.3 is 0 Å². The van der Waals surface area contributed by atoms with Gasteiger partial charge in [-0.05, 0) is 48.7 Å². The Kier molecular flexibility index (Phi) is 6.45. The van der Waals surface area contributed by atoms with Gasteiger partial charge in [-0.25, -0.2) is 9.97 Å². The van der Waals surface area contributed by atoms with Gasteiger partial charge in [-0.3, -0.25) is 4.79 Å². The van der Waals surface area contributed by atoms with Crippen LogP contribution in [0.4, 0.5) is 11.5 Å². The molecule has 28 heavy (non-hydrogen) atoms. The number of amides is 1. The SMILES string of the molecule is COc1ccc(C)cc1Nc1cnc(C(=O)NCCc2ccc(Cl)cc2)cn1. The lowest BCUT2D eigenvalue weighted by Crippen LogP contribution is -2.26. The first-order valence-electron chi connectivity index (χ1n) is 8.81. The maximum Gasteiger partial charge on any atom is 0.271 e. The highest BCUT2D eigenvalue weighted by Gasteiger charge is 2.09. The van der Waals surface area contributed by atoms with Crippen molar-refractivity contribution in [3.05, 3.63) is 76.7 Å². The van der Waals surface area contributed by atoms with Gasteiger partial charge in [-0.1, -0.05) is 29.8 Å². The summed E-state index contributed by atoms with van der Waals surface area (Å²) in [6, 6.07) is 13.3. The molecule has 6 nitrogen and oxygen atoms in total. The highest BCUT2D eigenvalue weighted by atomic mass is 35.5. The number of carbonyl (C=O) groups is 1. The standard InChI is InChI=1S/C21H21ClN4O2/c1-14-3-8-19(28-2)17(11-14)26-20-13-24-18(12-25-20)21(27)23-10-9-15-4-6-16(22)7-5-15/h3-8,11-13H,9-10H2,1-2H3,(H,23,27)(H,25,26). The topological polar surface area (TPSA) is 76.1 Å². The first-order chi connectivity index (χ1) is 13.5. The van der Waals surface area contributed by atoms with E-state index in [4.69, 9.17) is 16.3 Å². The molecule has 2 aromatic carbocycles. The molecule has 1 aromatic heterocycles. The zero-order chi connectivity index (χ0) is 19.9. The minimum Gasteiger partial charge on any atom is -0.495 e. The maximum absolute atomic E-state index is 12.2. The average molecular weight is 397 g/mol. The number of nitrogens with zero attached hydrogens (tertiary/aromatic N) is 2. The van der Waals surface area contributed by atoms with E-state index in [0.717, 1.165) is 16.8 Å². The third-order valence-electron chi connectivity index (χ3n) is 4.11. The number of aryl methyl sites for hydroxylation is 1. The summed E-state index contributed by atoms with van der Waals surface area (Å²) in [7, 11) is 1.61. The molecule has 0 saturated carbocycles. The monoisotopic (exact) mass is 396 g/mol. The van der Waals surface area contributed by atoms with Crippen molar-refractivity contribution in [3.63, 3.8) is 0 Å². The third-order valence-corrected chi connectivity index (χ3v) is 4.37. The molecule has 7 heteroatoms. The maximum atomic E-state index is 12.2. The summed E-state index contributed by atoms with van der Waals surface area (Å²) in [4.78, 5) is 20.7. The van der Waals surface area contributed by atoms with Crippen LogP contribution in [0.3, 0.4) is 0 Å². The Hall–Kier alpha value is -3.12. The van der Waals surface area contributed by atoms with Crippen LogP contribution in [0.2, 0.25) is 5.02 Å². The number of halogens is 1. The van der Waals surface area contributed by atoms with Crippen molar-refractivity contribution in [2.45, 2.75) is 13.3 Å². The first-order valence-corrected chi connectivity index (χ1v) is 9.19. The average Bonchev–Trinajstić information content (AvgIpc) is 2.70. The van der Waals surface area contributed by atoms with E-state index in [-0.39, 0.29) is 11.6 Å². The second kappa shape index (κ2) is 9.19. The van der Waals surface area contributed by atoms with Crippen molar-refractivity contribution in [2.75, 3.05) is 19.0 Å². The van der Waals surface area contributed by atoms with Gasteiger partial charge in [-0.15, -0.1) is 0 Å².